The largest absolute Gasteiger partial charge is 0.561 e. The standard InChI is InChI=1S/2C10H16O.C8H12.C3H6O.2CH4.3Rf.3Rh/c1-6-9(7-8(2)3)10(4,5)11;1-6-7-8-9(2,3)10(4,5)11;1-5-6-7-8(2,3)4;1-3(2)4;;;;;;;;/h2*11H,1-5H3;1-4H3;1-2H3;2*1H4;;;;;;/q3*-2;;;;;;;;;. The number of aliphatic hydroxyl groups is 2. The van der Waals surface area contributed by atoms with Gasteiger partial charge in [-0.25, -0.2) is 6.92 Å². The summed E-state index contributed by atoms with van der Waals surface area (Å²) < 4.78 is 0. The molecule has 0 aliphatic carbocycles. The van der Waals surface area contributed by atoms with E-state index in [0.29, 0.717) is 0 Å². The van der Waals surface area contributed by atoms with Gasteiger partial charge in [0, 0.05) is 69.6 Å². The van der Waals surface area contributed by atoms with E-state index >= 15 is 0 Å². The van der Waals surface area contributed by atoms with E-state index in [1.54, 1.807) is 41.5 Å². The minimum Gasteiger partial charge on any atom is -0.561 e. The Balaban J connectivity index is -0.0000000279. The van der Waals surface area contributed by atoms with Crippen LogP contribution in [0.1, 0.15) is 126 Å². The van der Waals surface area contributed by atoms with Crippen LogP contribution in [0, 0.1) is 47.3 Å². The fourth-order valence-corrected chi connectivity index (χ4v) is 1.39. The van der Waals surface area contributed by atoms with Crippen molar-refractivity contribution >= 4 is 5.78 Å². The molecule has 9 heteroatoms. The van der Waals surface area contributed by atoms with Gasteiger partial charge < -0.3 is 68.5 Å². The van der Waals surface area contributed by atoms with Crippen molar-refractivity contribution in [1.82, 2.24) is 0 Å². The Morgan fingerprint density at radius 1 is 0.643 bits per heavy atom. The number of rotatable bonds is 4. The first-order valence-electron chi connectivity index (χ1n) is 11.4. The van der Waals surface area contributed by atoms with Crippen LogP contribution in [0.4, 0.5) is 0 Å². The molecule has 0 aliphatic rings. The minimum atomic E-state index is -0.827. The Kier molecular flexibility index (Phi) is 66.2. The first-order chi connectivity index (χ1) is 15.0. The summed E-state index contributed by atoms with van der Waals surface area (Å²) in [4.78, 5) is 9.44. The van der Waals surface area contributed by atoms with Gasteiger partial charge in [0.25, 0.3) is 0 Å². The molecule has 0 saturated carbocycles. The zero-order valence-electron chi connectivity index (χ0n) is 27.9. The van der Waals surface area contributed by atoms with Crippen LogP contribution in [-0.4, -0.2) is 27.2 Å². The van der Waals surface area contributed by atoms with Crippen LogP contribution in [0.5, 0.6) is 0 Å². The Morgan fingerprint density at radius 2 is 0.929 bits per heavy atom. The summed E-state index contributed by atoms with van der Waals surface area (Å²) in [7, 11) is 0. The molecular weight excluding hydrogens is 1550 g/mol. The first kappa shape index (κ1) is 77.2. The van der Waals surface area contributed by atoms with Gasteiger partial charge in [-0.15, -0.1) is 5.41 Å². The van der Waals surface area contributed by atoms with Crippen LogP contribution in [-0.2, 0) is 63.2 Å². The van der Waals surface area contributed by atoms with Gasteiger partial charge >= 0.3 is 0 Å². The van der Waals surface area contributed by atoms with Crippen LogP contribution in [0.3, 0.4) is 0 Å². The molecule has 0 aromatic heterocycles. The molecule has 0 fully saturated rings. The van der Waals surface area contributed by atoms with E-state index in [1.165, 1.54) is 13.8 Å². The van der Waals surface area contributed by atoms with E-state index < -0.39 is 11.2 Å². The maximum absolute atomic E-state index is 9.64. The predicted octanol–water partition coefficient (Wildman–Crippen LogP) is 8.63. The van der Waals surface area contributed by atoms with Gasteiger partial charge in [-0.05, 0) is 41.5 Å². The van der Waals surface area contributed by atoms with E-state index in [1.807, 2.05) is 34.6 Å². The minimum absolute atomic E-state index is 0. The Labute approximate surface area is 284 Å². The van der Waals surface area contributed by atoms with E-state index in [4.69, 9.17) is 0 Å². The maximum Gasteiger partial charge on any atom is 0.126 e. The number of ketones is 1. The van der Waals surface area contributed by atoms with E-state index in [0.717, 1.165) is 11.1 Å². The molecule has 2 N–H and O–H groups in total. The van der Waals surface area contributed by atoms with Crippen molar-refractivity contribution in [2.75, 3.05) is 0 Å². The van der Waals surface area contributed by atoms with E-state index in [9.17, 15) is 15.0 Å². The smallest absolute Gasteiger partial charge is 0.126 e. The SMILES string of the molecule is C.C.CC(C)=O.C[C-]=C([C-]=C(C)C)C(C)(C)O.C[C-]=C=[C-]C(C)(C)C.C[C-]=C=[C-]C(C)(C)C(C)(C)O.[Rf].[Rf].[Rf].[Rh].[Rh].[Rh]. The molecule has 0 aromatic rings. The third kappa shape index (κ3) is 61.1. The van der Waals surface area contributed by atoms with E-state index in [2.05, 4.69) is 68.7 Å². The summed E-state index contributed by atoms with van der Waals surface area (Å²) in [6.45, 7) is 29.4. The number of hydrogen-bond donors (Lipinski definition) is 2. The topological polar surface area (TPSA) is 57.5 Å². The summed E-state index contributed by atoms with van der Waals surface area (Å²) in [6.07, 6.45) is 17.4. The van der Waals surface area contributed by atoms with Crippen molar-refractivity contribution < 1.29 is 73.4 Å². The molecule has 3 radical (unpaired) electrons. The van der Waals surface area contributed by atoms with Crippen molar-refractivity contribution in [2.24, 2.45) is 10.8 Å². The fourth-order valence-electron chi connectivity index (χ4n) is 1.39. The van der Waals surface area contributed by atoms with Crippen LogP contribution in [0.25, 0.3) is 0 Å². The normalized spacial score (nSPS) is 9.14. The molecule has 0 unspecified atom stereocenters. The van der Waals surface area contributed by atoms with Gasteiger partial charge in [-0.2, -0.15) is 19.3 Å². The van der Waals surface area contributed by atoms with Gasteiger partial charge in [0.1, 0.15) is 5.78 Å². The van der Waals surface area contributed by atoms with Crippen molar-refractivity contribution in [3.05, 3.63) is 59.1 Å². The molecule has 0 spiro atoms. The number of allylic oxidation sites excluding steroid dienone is 3. The van der Waals surface area contributed by atoms with Crippen molar-refractivity contribution in [3.8, 4) is 0 Å². The molecule has 247 valence electrons. The molecule has 0 amide bonds. The maximum atomic E-state index is 9.64. The first-order valence-corrected chi connectivity index (χ1v) is 11.4. The number of carbonyl (C=O) groups is 1. The Bertz CT molecular complexity index is 763. The zero-order valence-corrected chi connectivity index (χ0v) is 52.0. The van der Waals surface area contributed by atoms with Crippen LogP contribution in [0.15, 0.2) is 22.6 Å². The predicted molar refractivity (Wildman–Crippen MR) is 158 cm³/mol. The van der Waals surface area contributed by atoms with Crippen molar-refractivity contribution in [1.29, 1.82) is 0 Å². The summed E-state index contributed by atoms with van der Waals surface area (Å²) >= 11 is 0. The second kappa shape index (κ2) is 36.0. The van der Waals surface area contributed by atoms with Gasteiger partial charge in [0.15, 0.2) is 0 Å². The average molecular weight is 1610 g/mol. The summed E-state index contributed by atoms with van der Waals surface area (Å²) in [6, 6.07) is 0. The number of hydrogen-bond acceptors (Lipinski definition) is 3. The number of carbonyl (C=O) groups excluding carboxylic acids is 1. The third-order valence-corrected chi connectivity index (χ3v) is 3.83. The molecule has 0 rings (SSSR count). The molecule has 0 saturated heterocycles. The van der Waals surface area contributed by atoms with Crippen LogP contribution >= 0.6 is 0 Å². The van der Waals surface area contributed by atoms with Crippen molar-refractivity contribution in [2.45, 2.75) is 137 Å². The second-order valence-corrected chi connectivity index (χ2v) is 10.7. The monoisotopic (exact) mass is 1610 g/mol. The fraction of sp³-hybridized carbons (Fsp3) is 0.667. The van der Waals surface area contributed by atoms with Gasteiger partial charge in [-0.3, -0.25) is 5.57 Å². The van der Waals surface area contributed by atoms with E-state index in [-0.39, 0.29) is 89.9 Å². The number of Topliss-reactive ketones (excluding diaryl/α,β-unsaturated/α-hetero) is 1. The van der Waals surface area contributed by atoms with Gasteiger partial charge in [0.2, 0.25) is 0 Å². The molecular formula is C33H58O3Rf3Rh3-6. The third-order valence-electron chi connectivity index (χ3n) is 3.83. The molecule has 0 heterocycles. The zero-order chi connectivity index (χ0) is 28.4. The Morgan fingerprint density at radius 3 is 1.05 bits per heavy atom. The molecule has 0 aliphatic heterocycles. The molecule has 3 nitrogen and oxygen atoms in total. The molecule has 0 atom stereocenters. The van der Waals surface area contributed by atoms with Crippen LogP contribution < -0.4 is 0 Å². The molecule has 42 heavy (non-hydrogen) atoms. The average Bonchev–Trinajstić information content (AvgIpc) is 2.60. The summed E-state index contributed by atoms with van der Waals surface area (Å²) in [5.74, 6) is 0.167. The quantitative estimate of drug-likeness (QED) is 0.129. The van der Waals surface area contributed by atoms with Crippen molar-refractivity contribution in [3.63, 3.8) is 0 Å². The molecule has 0 bridgehead atoms. The summed E-state index contributed by atoms with van der Waals surface area (Å²) in [5.41, 5.74) is 5.45. The Hall–Kier alpha value is -3.02. The van der Waals surface area contributed by atoms with Gasteiger partial charge in [-0.1, -0.05) is 63.3 Å². The second-order valence-electron chi connectivity index (χ2n) is 10.7. The van der Waals surface area contributed by atoms with Crippen LogP contribution in [0.2, 0.25) is 0 Å². The summed E-state index contributed by atoms with van der Waals surface area (Å²) in [5, 5.41) is 19.2. The van der Waals surface area contributed by atoms with Gasteiger partial charge in [0.05, 0.1) is 0 Å². The molecule has 0 aromatic carbocycles.